The van der Waals surface area contributed by atoms with Crippen LogP contribution in [0.15, 0.2) is 42.6 Å². The first-order valence-corrected chi connectivity index (χ1v) is 8.20. The van der Waals surface area contributed by atoms with Gasteiger partial charge >= 0.3 is 0 Å². The van der Waals surface area contributed by atoms with Crippen LogP contribution < -0.4 is 11.1 Å². The number of carbonyl (C=O) groups excluding carboxylic acids is 1. The van der Waals surface area contributed by atoms with E-state index in [9.17, 15) is 4.79 Å². The van der Waals surface area contributed by atoms with Crippen LogP contribution in [0.2, 0.25) is 0 Å². The monoisotopic (exact) mass is 321 g/mol. The molecule has 0 bridgehead atoms. The molecular formula is C18H19N5O. The minimum atomic E-state index is 0.0126. The van der Waals surface area contributed by atoms with E-state index in [0.29, 0.717) is 12.5 Å². The van der Waals surface area contributed by atoms with Crippen LogP contribution in [0.4, 0.5) is 5.95 Å². The van der Waals surface area contributed by atoms with E-state index in [0.717, 1.165) is 36.0 Å². The normalized spacial score (nSPS) is 14.0. The Morgan fingerprint density at radius 1 is 1.25 bits per heavy atom. The Labute approximate surface area is 139 Å². The number of hydrogen-bond donors (Lipinski definition) is 2. The third-order valence-electron chi connectivity index (χ3n) is 4.24. The molecule has 4 rings (SSSR count). The molecular weight excluding hydrogens is 302 g/mol. The smallest absolute Gasteiger partial charge is 0.249 e. The van der Waals surface area contributed by atoms with Gasteiger partial charge in [-0.15, -0.1) is 5.10 Å². The quantitative estimate of drug-likeness (QED) is 0.755. The highest BCUT2D eigenvalue weighted by Gasteiger charge is 2.30. The summed E-state index contributed by atoms with van der Waals surface area (Å²) in [5.74, 6) is 0.504. The van der Waals surface area contributed by atoms with Gasteiger partial charge in [0.05, 0.1) is 0 Å². The number of aromatic nitrogens is 3. The second-order valence-corrected chi connectivity index (χ2v) is 6.12. The SMILES string of the molecule is NCCc1ccc(-c2cccn3nc(NC(=O)C4CC4)nc23)cc1. The van der Waals surface area contributed by atoms with Gasteiger partial charge in [0.2, 0.25) is 11.9 Å². The van der Waals surface area contributed by atoms with Crippen molar-refractivity contribution in [3.05, 3.63) is 48.2 Å². The lowest BCUT2D eigenvalue weighted by Gasteiger charge is -2.04. The van der Waals surface area contributed by atoms with Gasteiger partial charge < -0.3 is 5.73 Å². The van der Waals surface area contributed by atoms with Crippen molar-refractivity contribution >= 4 is 17.5 Å². The minimum absolute atomic E-state index is 0.0126. The van der Waals surface area contributed by atoms with Gasteiger partial charge in [0.15, 0.2) is 5.65 Å². The van der Waals surface area contributed by atoms with Crippen LogP contribution in [0, 0.1) is 5.92 Å². The van der Waals surface area contributed by atoms with E-state index >= 15 is 0 Å². The van der Waals surface area contributed by atoms with Crippen molar-refractivity contribution in [2.75, 3.05) is 11.9 Å². The van der Waals surface area contributed by atoms with Crippen molar-refractivity contribution in [2.24, 2.45) is 11.7 Å². The summed E-state index contributed by atoms with van der Waals surface area (Å²) in [5.41, 5.74) is 9.59. The Morgan fingerprint density at radius 3 is 2.75 bits per heavy atom. The topological polar surface area (TPSA) is 85.3 Å². The summed E-state index contributed by atoms with van der Waals surface area (Å²) < 4.78 is 1.70. The average Bonchev–Trinajstić information content (AvgIpc) is 3.36. The predicted octanol–water partition coefficient (Wildman–Crippen LogP) is 2.25. The first-order chi connectivity index (χ1) is 11.7. The van der Waals surface area contributed by atoms with Gasteiger partial charge in [0, 0.05) is 17.7 Å². The van der Waals surface area contributed by atoms with Crippen LogP contribution in [0.25, 0.3) is 16.8 Å². The second-order valence-electron chi connectivity index (χ2n) is 6.12. The first-order valence-electron chi connectivity index (χ1n) is 8.20. The zero-order valence-electron chi connectivity index (χ0n) is 13.3. The number of benzene rings is 1. The molecule has 0 aliphatic heterocycles. The van der Waals surface area contributed by atoms with Gasteiger partial charge in [0.25, 0.3) is 0 Å². The van der Waals surface area contributed by atoms with Crippen molar-refractivity contribution in [3.8, 4) is 11.1 Å². The van der Waals surface area contributed by atoms with Crippen LogP contribution in [0.3, 0.4) is 0 Å². The van der Waals surface area contributed by atoms with Crippen LogP contribution >= 0.6 is 0 Å². The van der Waals surface area contributed by atoms with E-state index in [1.807, 2.05) is 18.3 Å². The fourth-order valence-electron chi connectivity index (χ4n) is 2.76. The molecule has 1 aliphatic carbocycles. The van der Waals surface area contributed by atoms with Crippen molar-refractivity contribution in [3.63, 3.8) is 0 Å². The van der Waals surface area contributed by atoms with Crippen LogP contribution in [-0.2, 0) is 11.2 Å². The molecule has 0 radical (unpaired) electrons. The van der Waals surface area contributed by atoms with E-state index in [-0.39, 0.29) is 11.8 Å². The molecule has 6 nitrogen and oxygen atoms in total. The molecule has 0 atom stereocenters. The summed E-state index contributed by atoms with van der Waals surface area (Å²) in [6.45, 7) is 0.642. The Bertz CT molecular complexity index is 880. The summed E-state index contributed by atoms with van der Waals surface area (Å²) in [4.78, 5) is 16.4. The molecule has 2 heterocycles. The average molecular weight is 321 g/mol. The molecule has 3 aromatic rings. The summed E-state index contributed by atoms with van der Waals surface area (Å²) in [6.07, 6.45) is 4.62. The lowest BCUT2D eigenvalue weighted by Crippen LogP contribution is -2.14. The number of pyridine rings is 1. The number of anilines is 1. The second kappa shape index (κ2) is 6.05. The Balaban J connectivity index is 1.67. The van der Waals surface area contributed by atoms with E-state index in [1.165, 1.54) is 5.56 Å². The Morgan fingerprint density at radius 2 is 2.04 bits per heavy atom. The number of rotatable bonds is 5. The fourth-order valence-corrected chi connectivity index (χ4v) is 2.76. The van der Waals surface area contributed by atoms with E-state index < -0.39 is 0 Å². The summed E-state index contributed by atoms with van der Waals surface area (Å²) in [5, 5.41) is 7.16. The molecule has 1 amide bonds. The highest BCUT2D eigenvalue weighted by molar-refractivity contribution is 5.93. The van der Waals surface area contributed by atoms with Crippen molar-refractivity contribution in [1.29, 1.82) is 0 Å². The Kier molecular flexibility index (Phi) is 3.74. The standard InChI is InChI=1S/C18H19N5O/c19-10-9-12-3-5-13(6-4-12)15-2-1-11-23-16(15)20-18(22-23)21-17(24)14-7-8-14/h1-6,11,14H,7-10,19H2,(H,21,22,24). The van der Waals surface area contributed by atoms with Gasteiger partial charge in [-0.25, -0.2) is 4.52 Å². The molecule has 24 heavy (non-hydrogen) atoms. The highest BCUT2D eigenvalue weighted by Crippen LogP contribution is 2.30. The lowest BCUT2D eigenvalue weighted by molar-refractivity contribution is -0.117. The van der Waals surface area contributed by atoms with Crippen LogP contribution in [0.1, 0.15) is 18.4 Å². The molecule has 122 valence electrons. The van der Waals surface area contributed by atoms with Gasteiger partial charge in [-0.05, 0) is 49.1 Å². The predicted molar refractivity (Wildman–Crippen MR) is 92.5 cm³/mol. The zero-order chi connectivity index (χ0) is 16.5. The number of hydrogen-bond acceptors (Lipinski definition) is 4. The van der Waals surface area contributed by atoms with Crippen LogP contribution in [0.5, 0.6) is 0 Å². The number of nitrogens with two attached hydrogens (primary N) is 1. The van der Waals surface area contributed by atoms with Crippen molar-refractivity contribution in [2.45, 2.75) is 19.3 Å². The molecule has 6 heteroatoms. The zero-order valence-corrected chi connectivity index (χ0v) is 13.3. The van der Waals surface area contributed by atoms with Gasteiger partial charge in [-0.2, -0.15) is 4.98 Å². The largest absolute Gasteiger partial charge is 0.330 e. The highest BCUT2D eigenvalue weighted by atomic mass is 16.2. The maximum absolute atomic E-state index is 11.9. The first kappa shape index (κ1) is 14.8. The molecule has 2 aromatic heterocycles. The number of nitrogens with one attached hydrogen (secondary N) is 1. The third-order valence-corrected chi connectivity index (χ3v) is 4.24. The summed E-state index contributed by atoms with van der Waals surface area (Å²) in [6, 6.07) is 12.2. The molecule has 1 aliphatic rings. The minimum Gasteiger partial charge on any atom is -0.330 e. The molecule has 0 spiro atoms. The molecule has 0 saturated heterocycles. The molecule has 1 saturated carbocycles. The molecule has 1 aromatic carbocycles. The number of carbonyl (C=O) groups is 1. The number of amides is 1. The lowest BCUT2D eigenvalue weighted by atomic mass is 10.0. The Hall–Kier alpha value is -2.73. The number of fused-ring (bicyclic) bond motifs is 1. The maximum Gasteiger partial charge on any atom is 0.249 e. The molecule has 0 unspecified atom stereocenters. The van der Waals surface area contributed by atoms with E-state index in [4.69, 9.17) is 5.73 Å². The summed E-state index contributed by atoms with van der Waals surface area (Å²) in [7, 11) is 0. The maximum atomic E-state index is 11.9. The van der Waals surface area contributed by atoms with Crippen molar-refractivity contribution in [1.82, 2.24) is 14.6 Å². The molecule has 3 N–H and O–H groups in total. The van der Waals surface area contributed by atoms with E-state index in [2.05, 4.69) is 39.7 Å². The fraction of sp³-hybridized carbons (Fsp3) is 0.278. The third kappa shape index (κ3) is 2.88. The van der Waals surface area contributed by atoms with E-state index in [1.54, 1.807) is 4.52 Å². The summed E-state index contributed by atoms with van der Waals surface area (Å²) >= 11 is 0. The van der Waals surface area contributed by atoms with Gasteiger partial charge in [-0.1, -0.05) is 24.3 Å². The number of nitrogens with zero attached hydrogens (tertiary/aromatic N) is 3. The van der Waals surface area contributed by atoms with Gasteiger partial charge in [0.1, 0.15) is 0 Å². The van der Waals surface area contributed by atoms with Crippen LogP contribution in [-0.4, -0.2) is 27.0 Å². The van der Waals surface area contributed by atoms with Crippen molar-refractivity contribution < 1.29 is 4.79 Å². The van der Waals surface area contributed by atoms with Gasteiger partial charge in [-0.3, -0.25) is 10.1 Å². The molecule has 1 fully saturated rings.